The summed E-state index contributed by atoms with van der Waals surface area (Å²) in [5.74, 6) is 0. The van der Waals surface area contributed by atoms with Crippen molar-refractivity contribution < 1.29 is 14.9 Å². The van der Waals surface area contributed by atoms with Crippen LogP contribution < -0.4 is 0 Å². The average molecular weight is 405 g/mol. The molecule has 0 aromatic heterocycles. The summed E-state index contributed by atoms with van der Waals surface area (Å²) in [4.78, 5) is 0. The molecular formula is C26H44O3. The molecule has 0 unspecified atom stereocenters. The summed E-state index contributed by atoms with van der Waals surface area (Å²) < 4.78 is 5.29. The van der Waals surface area contributed by atoms with E-state index in [1.807, 2.05) is 0 Å². The summed E-state index contributed by atoms with van der Waals surface area (Å²) in [6.45, 7) is 2.84. The quantitative estimate of drug-likeness (QED) is 0.181. The third-order valence-corrected chi connectivity index (χ3v) is 4.34. The van der Waals surface area contributed by atoms with E-state index >= 15 is 0 Å². The van der Waals surface area contributed by atoms with Gasteiger partial charge in [-0.2, -0.15) is 0 Å². The van der Waals surface area contributed by atoms with Crippen LogP contribution in [0.2, 0.25) is 0 Å². The molecule has 1 atom stereocenters. The van der Waals surface area contributed by atoms with E-state index in [0.717, 1.165) is 44.9 Å². The molecule has 0 aliphatic carbocycles. The average Bonchev–Trinajstić information content (AvgIpc) is 2.74. The molecule has 3 heteroatoms. The maximum Gasteiger partial charge on any atom is 0.100 e. The number of aliphatic hydroxyl groups excluding tert-OH is 2. The zero-order chi connectivity index (χ0) is 21.3. The highest BCUT2D eigenvalue weighted by Crippen LogP contribution is 2.06. The molecule has 0 amide bonds. The van der Waals surface area contributed by atoms with Crippen LogP contribution in [-0.4, -0.2) is 36.1 Å². The number of hydrogen-bond acceptors (Lipinski definition) is 3. The zero-order valence-electron chi connectivity index (χ0n) is 18.6. The van der Waals surface area contributed by atoms with E-state index in [1.165, 1.54) is 25.7 Å². The van der Waals surface area contributed by atoms with Gasteiger partial charge in [0.25, 0.3) is 0 Å². The fraction of sp³-hybridized carbons (Fsp3) is 0.615. The molecular weight excluding hydrogens is 360 g/mol. The Morgan fingerprint density at radius 1 is 0.655 bits per heavy atom. The highest BCUT2D eigenvalue weighted by molar-refractivity contribution is 5.00. The normalized spacial score (nSPS) is 13.9. The van der Waals surface area contributed by atoms with Gasteiger partial charge in [-0.3, -0.25) is 0 Å². The molecule has 0 fully saturated rings. The van der Waals surface area contributed by atoms with Crippen molar-refractivity contribution in [3.05, 3.63) is 60.8 Å². The lowest BCUT2D eigenvalue weighted by Crippen LogP contribution is -2.19. The summed E-state index contributed by atoms with van der Waals surface area (Å²) in [5, 5.41) is 17.8. The van der Waals surface area contributed by atoms with Crippen LogP contribution in [-0.2, 0) is 4.74 Å². The fourth-order valence-corrected chi connectivity index (χ4v) is 2.64. The second-order valence-corrected chi connectivity index (χ2v) is 7.18. The van der Waals surface area contributed by atoms with Crippen LogP contribution in [0.5, 0.6) is 0 Å². The summed E-state index contributed by atoms with van der Waals surface area (Å²) in [7, 11) is 0. The van der Waals surface area contributed by atoms with Gasteiger partial charge in [0, 0.05) is 6.61 Å². The molecule has 0 saturated carbocycles. The van der Waals surface area contributed by atoms with E-state index in [0.29, 0.717) is 6.61 Å². The van der Waals surface area contributed by atoms with Crippen molar-refractivity contribution in [2.45, 2.75) is 83.7 Å². The van der Waals surface area contributed by atoms with Crippen molar-refractivity contribution in [2.75, 3.05) is 19.8 Å². The van der Waals surface area contributed by atoms with E-state index in [4.69, 9.17) is 14.9 Å². The minimum Gasteiger partial charge on any atom is -0.394 e. The first-order valence-electron chi connectivity index (χ1n) is 11.4. The SMILES string of the molecule is CC/C=C\C/C=C\C/C=C\C/C=C\C/C=C\CCCCCCCOC[C@@H](O)CO. The van der Waals surface area contributed by atoms with E-state index in [2.05, 4.69) is 67.7 Å². The van der Waals surface area contributed by atoms with Crippen LogP contribution in [0, 0.1) is 0 Å². The maximum atomic E-state index is 9.14. The van der Waals surface area contributed by atoms with Crippen LogP contribution in [0.25, 0.3) is 0 Å². The Labute approximate surface area is 179 Å². The highest BCUT2D eigenvalue weighted by atomic mass is 16.5. The number of rotatable bonds is 20. The summed E-state index contributed by atoms with van der Waals surface area (Å²) >= 11 is 0. The smallest absolute Gasteiger partial charge is 0.100 e. The van der Waals surface area contributed by atoms with E-state index in [-0.39, 0.29) is 13.2 Å². The van der Waals surface area contributed by atoms with Crippen molar-refractivity contribution in [3.8, 4) is 0 Å². The molecule has 0 heterocycles. The predicted molar refractivity (Wildman–Crippen MR) is 126 cm³/mol. The van der Waals surface area contributed by atoms with Gasteiger partial charge in [-0.1, -0.05) is 86.9 Å². The number of ether oxygens (including phenoxy) is 1. The molecule has 0 bridgehead atoms. The Morgan fingerprint density at radius 3 is 1.69 bits per heavy atom. The van der Waals surface area contributed by atoms with Crippen molar-refractivity contribution >= 4 is 0 Å². The molecule has 166 valence electrons. The maximum absolute atomic E-state index is 9.14. The fourth-order valence-electron chi connectivity index (χ4n) is 2.64. The summed E-state index contributed by atoms with van der Waals surface area (Å²) in [6.07, 6.45) is 33.9. The van der Waals surface area contributed by atoms with Crippen molar-refractivity contribution in [3.63, 3.8) is 0 Å². The highest BCUT2D eigenvalue weighted by Gasteiger charge is 2.00. The lowest BCUT2D eigenvalue weighted by atomic mass is 10.1. The lowest BCUT2D eigenvalue weighted by Gasteiger charge is -2.07. The van der Waals surface area contributed by atoms with Crippen LogP contribution in [0.3, 0.4) is 0 Å². The molecule has 0 aliphatic heterocycles. The summed E-state index contributed by atoms with van der Waals surface area (Å²) in [6, 6.07) is 0. The van der Waals surface area contributed by atoms with Crippen molar-refractivity contribution in [2.24, 2.45) is 0 Å². The second-order valence-electron chi connectivity index (χ2n) is 7.18. The topological polar surface area (TPSA) is 49.7 Å². The minimum atomic E-state index is -0.738. The Kier molecular flexibility index (Phi) is 23.4. The standard InChI is InChI=1S/C26H44O3/c1-2-3-4-5-6-7-8-9-10-11-12-13-14-15-16-17-18-19-20-21-22-23-29-25-26(28)24-27/h3-4,6-7,9-10,12-13,15-16,26-28H,2,5,8,11,14,17-25H2,1H3/b4-3-,7-6-,10-9-,13-12-,16-15-/t26-/m0/s1. The molecule has 0 aromatic carbocycles. The molecule has 0 aliphatic rings. The van der Waals surface area contributed by atoms with Gasteiger partial charge in [0.2, 0.25) is 0 Å². The molecule has 3 nitrogen and oxygen atoms in total. The third kappa shape index (κ3) is 24.5. The minimum absolute atomic E-state index is 0.226. The zero-order valence-corrected chi connectivity index (χ0v) is 18.6. The molecule has 29 heavy (non-hydrogen) atoms. The largest absolute Gasteiger partial charge is 0.394 e. The molecule has 0 saturated heterocycles. The third-order valence-electron chi connectivity index (χ3n) is 4.34. The molecule has 0 aromatic rings. The molecule has 2 N–H and O–H groups in total. The van der Waals surface area contributed by atoms with Gasteiger partial charge in [-0.05, 0) is 51.4 Å². The van der Waals surface area contributed by atoms with Crippen LogP contribution in [0.1, 0.15) is 77.6 Å². The number of allylic oxidation sites excluding steroid dienone is 10. The van der Waals surface area contributed by atoms with Gasteiger partial charge in [-0.15, -0.1) is 0 Å². The van der Waals surface area contributed by atoms with E-state index in [9.17, 15) is 0 Å². The van der Waals surface area contributed by atoms with Crippen molar-refractivity contribution in [1.82, 2.24) is 0 Å². The van der Waals surface area contributed by atoms with Crippen LogP contribution in [0.4, 0.5) is 0 Å². The lowest BCUT2D eigenvalue weighted by molar-refractivity contribution is 0.00526. The monoisotopic (exact) mass is 404 g/mol. The Balaban J connectivity index is 3.34. The van der Waals surface area contributed by atoms with E-state index < -0.39 is 6.10 Å². The van der Waals surface area contributed by atoms with Gasteiger partial charge < -0.3 is 14.9 Å². The molecule has 0 rings (SSSR count). The van der Waals surface area contributed by atoms with Crippen LogP contribution >= 0.6 is 0 Å². The van der Waals surface area contributed by atoms with Crippen LogP contribution in [0.15, 0.2) is 60.8 Å². The Hall–Kier alpha value is -1.42. The van der Waals surface area contributed by atoms with Gasteiger partial charge in [-0.25, -0.2) is 0 Å². The van der Waals surface area contributed by atoms with Gasteiger partial charge >= 0.3 is 0 Å². The number of aliphatic hydroxyl groups is 2. The van der Waals surface area contributed by atoms with Gasteiger partial charge in [0.15, 0.2) is 0 Å². The Bertz CT molecular complexity index is 461. The Morgan fingerprint density at radius 2 is 1.14 bits per heavy atom. The van der Waals surface area contributed by atoms with Gasteiger partial charge in [0.1, 0.15) is 6.10 Å². The first-order chi connectivity index (χ1) is 14.3. The second kappa shape index (κ2) is 24.6. The van der Waals surface area contributed by atoms with E-state index in [1.54, 1.807) is 0 Å². The first kappa shape index (κ1) is 27.6. The van der Waals surface area contributed by atoms with Crippen molar-refractivity contribution in [1.29, 1.82) is 0 Å². The number of unbranched alkanes of at least 4 members (excludes halogenated alkanes) is 5. The molecule has 0 radical (unpaired) electrons. The summed E-state index contributed by atoms with van der Waals surface area (Å²) in [5.41, 5.74) is 0. The molecule has 0 spiro atoms. The van der Waals surface area contributed by atoms with Gasteiger partial charge in [0.05, 0.1) is 13.2 Å². The predicted octanol–water partition coefficient (Wildman–Crippen LogP) is 6.45. The first-order valence-corrected chi connectivity index (χ1v) is 11.4. The number of hydrogen-bond donors (Lipinski definition) is 2.